The van der Waals surface area contributed by atoms with Gasteiger partial charge in [-0.1, -0.05) is 5.21 Å². The molecule has 2 aromatic heterocycles. The first kappa shape index (κ1) is 16.4. The molecule has 2 amide bonds. The fourth-order valence-electron chi connectivity index (χ4n) is 3.60. The third kappa shape index (κ3) is 2.47. The first-order chi connectivity index (χ1) is 12.2. The SMILES string of the molecule is Cn1nnc(-c2ncc(C(=O)NC34CC(F)(C3)C4)cc2F)c1NC(=O)O. The van der Waals surface area contributed by atoms with Crippen LogP contribution in [-0.2, 0) is 7.05 Å². The van der Waals surface area contributed by atoms with E-state index < -0.39 is 29.0 Å². The van der Waals surface area contributed by atoms with Crippen molar-refractivity contribution < 1.29 is 23.5 Å². The summed E-state index contributed by atoms with van der Waals surface area (Å²) in [7, 11) is 1.43. The van der Waals surface area contributed by atoms with Gasteiger partial charge in [-0.25, -0.2) is 18.3 Å². The van der Waals surface area contributed by atoms with Crippen LogP contribution in [0.25, 0.3) is 11.4 Å². The van der Waals surface area contributed by atoms with Crippen LogP contribution in [0.4, 0.5) is 19.4 Å². The number of anilines is 1. The van der Waals surface area contributed by atoms with Gasteiger partial charge in [0.25, 0.3) is 5.91 Å². The zero-order valence-corrected chi connectivity index (χ0v) is 13.6. The van der Waals surface area contributed by atoms with Crippen molar-refractivity contribution in [1.29, 1.82) is 0 Å². The minimum Gasteiger partial charge on any atom is -0.465 e. The zero-order valence-electron chi connectivity index (χ0n) is 13.6. The third-order valence-electron chi connectivity index (χ3n) is 4.72. The Labute approximate surface area is 145 Å². The lowest BCUT2D eigenvalue weighted by atomic mass is 9.47. The molecular formula is C15H14F2N6O3. The molecule has 2 bridgehead atoms. The van der Waals surface area contributed by atoms with Gasteiger partial charge in [0.2, 0.25) is 0 Å². The third-order valence-corrected chi connectivity index (χ3v) is 4.72. The van der Waals surface area contributed by atoms with E-state index in [1.807, 2.05) is 0 Å². The second-order valence-electron chi connectivity index (χ2n) is 6.81. The van der Waals surface area contributed by atoms with E-state index in [0.29, 0.717) is 0 Å². The van der Waals surface area contributed by atoms with Gasteiger partial charge in [0.1, 0.15) is 11.4 Å². The van der Waals surface area contributed by atoms with Crippen molar-refractivity contribution in [3.63, 3.8) is 0 Å². The van der Waals surface area contributed by atoms with Crippen LogP contribution in [0.15, 0.2) is 12.3 Å². The number of pyridine rings is 1. The normalized spacial score (nSPS) is 25.8. The van der Waals surface area contributed by atoms with Gasteiger partial charge in [-0.3, -0.25) is 15.1 Å². The summed E-state index contributed by atoms with van der Waals surface area (Å²) in [5, 5.41) is 21.0. The number of carbonyl (C=O) groups excluding carboxylic acids is 1. The van der Waals surface area contributed by atoms with Gasteiger partial charge in [-0.15, -0.1) is 5.10 Å². The smallest absolute Gasteiger partial charge is 0.410 e. The molecule has 5 rings (SSSR count). The van der Waals surface area contributed by atoms with Crippen molar-refractivity contribution in [3.8, 4) is 11.4 Å². The monoisotopic (exact) mass is 364 g/mol. The first-order valence-corrected chi connectivity index (χ1v) is 7.77. The maximum Gasteiger partial charge on any atom is 0.410 e. The summed E-state index contributed by atoms with van der Waals surface area (Å²) < 4.78 is 29.1. The van der Waals surface area contributed by atoms with Crippen LogP contribution in [0.5, 0.6) is 0 Å². The minimum atomic E-state index is -1.36. The average molecular weight is 364 g/mol. The largest absolute Gasteiger partial charge is 0.465 e. The molecule has 2 heterocycles. The van der Waals surface area contributed by atoms with Crippen LogP contribution < -0.4 is 10.6 Å². The van der Waals surface area contributed by atoms with E-state index >= 15 is 0 Å². The van der Waals surface area contributed by atoms with Crippen LogP contribution in [0.2, 0.25) is 0 Å². The van der Waals surface area contributed by atoms with Gasteiger partial charge in [-0.2, -0.15) is 0 Å². The number of rotatable bonds is 4. The summed E-state index contributed by atoms with van der Waals surface area (Å²) in [6.07, 6.45) is 0.637. The number of hydrogen-bond acceptors (Lipinski definition) is 5. The van der Waals surface area contributed by atoms with E-state index in [4.69, 9.17) is 5.11 Å². The second kappa shape index (κ2) is 5.19. The molecule has 11 heteroatoms. The highest BCUT2D eigenvalue weighted by molar-refractivity contribution is 5.95. The van der Waals surface area contributed by atoms with Crippen molar-refractivity contribution in [2.24, 2.45) is 7.05 Å². The van der Waals surface area contributed by atoms with E-state index in [9.17, 15) is 18.4 Å². The van der Waals surface area contributed by atoms with Crippen molar-refractivity contribution in [1.82, 2.24) is 25.3 Å². The number of aromatic nitrogens is 4. The summed E-state index contributed by atoms with van der Waals surface area (Å²) in [6.45, 7) is 0. The number of alkyl halides is 1. The summed E-state index contributed by atoms with van der Waals surface area (Å²) >= 11 is 0. The quantitative estimate of drug-likeness (QED) is 0.755. The van der Waals surface area contributed by atoms with Gasteiger partial charge < -0.3 is 10.4 Å². The maximum atomic E-state index is 14.5. The van der Waals surface area contributed by atoms with E-state index in [2.05, 4.69) is 25.9 Å². The van der Waals surface area contributed by atoms with Crippen molar-refractivity contribution in [2.75, 3.05) is 5.32 Å². The zero-order chi connectivity index (χ0) is 18.7. The Hall–Kier alpha value is -3.11. The Kier molecular flexibility index (Phi) is 3.27. The van der Waals surface area contributed by atoms with Crippen LogP contribution in [-0.4, -0.2) is 48.3 Å². The lowest BCUT2D eigenvalue weighted by Crippen LogP contribution is -2.76. The molecule has 136 valence electrons. The molecule has 3 N–H and O–H groups in total. The molecular weight excluding hydrogens is 350 g/mol. The number of aryl methyl sites for hydroxylation is 1. The molecule has 0 aliphatic heterocycles. The van der Waals surface area contributed by atoms with Crippen LogP contribution in [0.3, 0.4) is 0 Å². The molecule has 0 aromatic carbocycles. The van der Waals surface area contributed by atoms with Crippen molar-refractivity contribution >= 4 is 17.8 Å². The molecule has 26 heavy (non-hydrogen) atoms. The number of amides is 2. The van der Waals surface area contributed by atoms with E-state index in [0.717, 1.165) is 16.9 Å². The highest BCUT2D eigenvalue weighted by Gasteiger charge is 2.69. The fraction of sp³-hybridized carbons (Fsp3) is 0.400. The van der Waals surface area contributed by atoms with Crippen LogP contribution in [0.1, 0.15) is 29.6 Å². The molecule has 3 fully saturated rings. The van der Waals surface area contributed by atoms with Gasteiger partial charge in [0.05, 0.1) is 5.56 Å². The number of nitrogens with zero attached hydrogens (tertiary/aromatic N) is 4. The number of halogens is 2. The molecule has 9 nitrogen and oxygen atoms in total. The van der Waals surface area contributed by atoms with E-state index in [1.54, 1.807) is 0 Å². The van der Waals surface area contributed by atoms with Gasteiger partial charge in [0, 0.05) is 38.0 Å². The molecule has 0 saturated heterocycles. The Bertz CT molecular complexity index is 924. The number of nitrogens with one attached hydrogen (secondary N) is 2. The van der Waals surface area contributed by atoms with E-state index in [-0.39, 0.29) is 42.0 Å². The predicted molar refractivity (Wildman–Crippen MR) is 83.7 cm³/mol. The summed E-state index contributed by atoms with van der Waals surface area (Å²) in [4.78, 5) is 27.0. The molecule has 3 saturated carbocycles. The summed E-state index contributed by atoms with van der Waals surface area (Å²) in [6, 6.07) is 0.980. The highest BCUT2D eigenvalue weighted by Crippen LogP contribution is 2.62. The Morgan fingerprint density at radius 1 is 1.31 bits per heavy atom. The molecule has 0 radical (unpaired) electrons. The van der Waals surface area contributed by atoms with E-state index in [1.165, 1.54) is 7.05 Å². The minimum absolute atomic E-state index is 0.0134. The maximum absolute atomic E-state index is 14.5. The first-order valence-electron chi connectivity index (χ1n) is 7.77. The van der Waals surface area contributed by atoms with Crippen molar-refractivity contribution in [2.45, 2.75) is 30.5 Å². The summed E-state index contributed by atoms with van der Waals surface area (Å²) in [5.74, 6) is -1.44. The molecule has 3 aliphatic carbocycles. The Morgan fingerprint density at radius 2 is 2.00 bits per heavy atom. The van der Waals surface area contributed by atoms with Crippen LogP contribution >= 0.6 is 0 Å². The standard InChI is InChI=1S/C15H14F2N6O3/c1-23-11(19-13(25)26)10(21-22-23)9-8(16)2-7(3-18-9)12(24)20-15-4-14(17,5-15)6-15/h2-3,19H,4-6H2,1H3,(H,20,24)(H,25,26). The lowest BCUT2D eigenvalue weighted by molar-refractivity contribution is -0.162. The molecule has 0 spiro atoms. The fourth-order valence-corrected chi connectivity index (χ4v) is 3.60. The van der Waals surface area contributed by atoms with Gasteiger partial charge >= 0.3 is 6.09 Å². The molecule has 0 unspecified atom stereocenters. The molecule has 2 aromatic rings. The second-order valence-corrected chi connectivity index (χ2v) is 6.81. The van der Waals surface area contributed by atoms with Gasteiger partial charge in [-0.05, 0) is 6.07 Å². The van der Waals surface area contributed by atoms with Crippen molar-refractivity contribution in [3.05, 3.63) is 23.6 Å². The molecule has 0 atom stereocenters. The number of carbonyl (C=O) groups is 2. The molecule has 3 aliphatic rings. The Morgan fingerprint density at radius 3 is 2.58 bits per heavy atom. The topological polar surface area (TPSA) is 122 Å². The predicted octanol–water partition coefficient (Wildman–Crippen LogP) is 1.48. The summed E-state index contributed by atoms with van der Waals surface area (Å²) in [5.41, 5.74) is -2.03. The highest BCUT2D eigenvalue weighted by atomic mass is 19.1. The van der Waals surface area contributed by atoms with Gasteiger partial charge in [0.15, 0.2) is 17.3 Å². The lowest BCUT2D eigenvalue weighted by Gasteiger charge is -2.65. The van der Waals surface area contributed by atoms with Crippen LogP contribution in [0, 0.1) is 5.82 Å². The Balaban J connectivity index is 1.57. The average Bonchev–Trinajstić information content (AvgIpc) is 2.85. The number of hydrogen-bond donors (Lipinski definition) is 3. The number of carboxylic acid groups (broad SMARTS) is 1.